The van der Waals surface area contributed by atoms with Crippen molar-refractivity contribution in [3.8, 4) is 0 Å². The average Bonchev–Trinajstić information content (AvgIpc) is 3.14. The molecule has 7 fully saturated rings. The summed E-state index contributed by atoms with van der Waals surface area (Å²) < 4.78 is 0. The van der Waals surface area contributed by atoms with Gasteiger partial charge in [-0.05, 0) is 137 Å². The maximum Gasteiger partial charge on any atom is 0.248 e. The number of carbonyl (C=O) groups is 1. The number of rotatable bonds is 5. The van der Waals surface area contributed by atoms with Crippen LogP contribution in [-0.2, 0) is 9.63 Å². The van der Waals surface area contributed by atoms with Gasteiger partial charge in [-0.25, -0.2) is 5.48 Å². The van der Waals surface area contributed by atoms with Crippen molar-refractivity contribution in [1.82, 2.24) is 10.4 Å². The Kier molecular flexibility index (Phi) is 7.14. The van der Waals surface area contributed by atoms with Gasteiger partial charge in [0.1, 0.15) is 0 Å². The zero-order chi connectivity index (χ0) is 25.1. The van der Waals surface area contributed by atoms with Crippen LogP contribution in [0.1, 0.15) is 110 Å². The van der Waals surface area contributed by atoms with Gasteiger partial charge in [-0.2, -0.15) is 0 Å². The van der Waals surface area contributed by atoms with E-state index in [2.05, 4.69) is 24.4 Å². The Morgan fingerprint density at radius 1 is 0.757 bits per heavy atom. The zero-order valence-electron chi connectivity index (χ0n) is 23.8. The highest BCUT2D eigenvalue weighted by Crippen LogP contribution is 2.61. The second-order valence-corrected chi connectivity index (χ2v) is 15.2. The molecule has 11 atom stereocenters. The van der Waals surface area contributed by atoms with Gasteiger partial charge >= 0.3 is 0 Å². The Morgan fingerprint density at radius 2 is 1.43 bits per heavy atom. The molecule has 0 aromatic rings. The van der Waals surface area contributed by atoms with Gasteiger partial charge in [-0.3, -0.25) is 14.5 Å². The van der Waals surface area contributed by atoms with Gasteiger partial charge in [0, 0.05) is 12.1 Å². The number of carbonyl (C=O) groups excluding carboxylic acids is 1. The topological polar surface area (TPSA) is 41.6 Å². The molecule has 7 aliphatic rings. The molecule has 1 amide bonds. The zero-order valence-corrected chi connectivity index (χ0v) is 23.8. The molecule has 0 aromatic heterocycles. The molecule has 7 rings (SSSR count). The summed E-state index contributed by atoms with van der Waals surface area (Å²) in [4.78, 5) is 22.6. The largest absolute Gasteiger partial charge is 0.300 e. The van der Waals surface area contributed by atoms with Crippen LogP contribution in [-0.4, -0.2) is 36.5 Å². The number of hydrogen-bond acceptors (Lipinski definition) is 3. The fourth-order valence-electron chi connectivity index (χ4n) is 12.0. The lowest BCUT2D eigenvalue weighted by Gasteiger charge is -2.59. The lowest BCUT2D eigenvalue weighted by molar-refractivity contribution is -0.152. The Morgan fingerprint density at radius 3 is 2.22 bits per heavy atom. The maximum absolute atomic E-state index is 13.8. The number of hydroxylamine groups is 1. The highest BCUT2D eigenvalue weighted by molar-refractivity contribution is 5.79. The lowest BCUT2D eigenvalue weighted by atomic mass is 9.46. The molecule has 1 N–H and O–H groups in total. The minimum absolute atomic E-state index is 0.120. The summed E-state index contributed by atoms with van der Waals surface area (Å²) in [6.07, 6.45) is 22.2. The van der Waals surface area contributed by atoms with E-state index in [1.165, 1.54) is 103 Å². The van der Waals surface area contributed by atoms with Gasteiger partial charge in [-0.15, -0.1) is 0 Å². The van der Waals surface area contributed by atoms with E-state index < -0.39 is 0 Å². The van der Waals surface area contributed by atoms with Gasteiger partial charge in [0.05, 0.1) is 12.5 Å². The molecule has 208 valence electrons. The molecule has 9 unspecified atom stereocenters. The number of piperidine rings is 1. The third-order valence-corrected chi connectivity index (χ3v) is 13.8. The highest BCUT2D eigenvalue weighted by atomic mass is 16.7. The second-order valence-electron chi connectivity index (χ2n) is 15.2. The van der Waals surface area contributed by atoms with Crippen molar-refractivity contribution in [2.24, 2.45) is 65.1 Å². The fraction of sp³-hybridized carbons (Fsp3) is 0.970. The quantitative estimate of drug-likeness (QED) is 0.412. The van der Waals surface area contributed by atoms with E-state index in [9.17, 15) is 4.79 Å². The molecule has 4 nitrogen and oxygen atoms in total. The van der Waals surface area contributed by atoms with Gasteiger partial charge in [0.15, 0.2) is 0 Å². The second kappa shape index (κ2) is 10.4. The highest BCUT2D eigenvalue weighted by Gasteiger charge is 2.54. The Labute approximate surface area is 226 Å². The molecule has 4 heteroatoms. The number of amides is 1. The molecule has 0 aromatic carbocycles. The van der Waals surface area contributed by atoms with E-state index in [1.807, 2.05) is 0 Å². The monoisotopic (exact) mass is 510 g/mol. The molecule has 2 bridgehead atoms. The Hall–Kier alpha value is -0.610. The van der Waals surface area contributed by atoms with E-state index in [0.717, 1.165) is 54.0 Å². The number of fused-ring (bicyclic) bond motifs is 2. The summed E-state index contributed by atoms with van der Waals surface area (Å²) in [5.74, 6) is 9.05. The third kappa shape index (κ3) is 4.52. The van der Waals surface area contributed by atoms with Crippen LogP contribution in [0.15, 0.2) is 0 Å². The van der Waals surface area contributed by atoms with Crippen molar-refractivity contribution < 1.29 is 9.63 Å². The van der Waals surface area contributed by atoms with Crippen molar-refractivity contribution in [3.63, 3.8) is 0 Å². The van der Waals surface area contributed by atoms with Crippen molar-refractivity contribution in [2.75, 3.05) is 13.7 Å². The average molecular weight is 511 g/mol. The van der Waals surface area contributed by atoms with E-state index >= 15 is 0 Å². The summed E-state index contributed by atoms with van der Waals surface area (Å²) in [7, 11) is 2.28. The first-order valence-electron chi connectivity index (χ1n) is 16.7. The smallest absolute Gasteiger partial charge is 0.248 e. The number of nitrogens with one attached hydrogen (secondary N) is 1. The molecule has 37 heavy (non-hydrogen) atoms. The van der Waals surface area contributed by atoms with Crippen LogP contribution in [0.4, 0.5) is 0 Å². The number of hydrogen-bond donors (Lipinski definition) is 1. The summed E-state index contributed by atoms with van der Waals surface area (Å²) in [6.45, 7) is 3.16. The Balaban J connectivity index is 0.995. The van der Waals surface area contributed by atoms with Crippen molar-refractivity contribution in [3.05, 3.63) is 0 Å². The molecular formula is C33H54N2O2. The van der Waals surface area contributed by atoms with Crippen LogP contribution in [0, 0.1) is 65.1 Å². The predicted molar refractivity (Wildman–Crippen MR) is 147 cm³/mol. The van der Waals surface area contributed by atoms with Crippen LogP contribution < -0.4 is 5.48 Å². The first-order chi connectivity index (χ1) is 18.1. The van der Waals surface area contributed by atoms with Crippen LogP contribution >= 0.6 is 0 Å². The first kappa shape index (κ1) is 25.4. The standard InChI is InChI=1S/C33H54N2O2/c1-20-6-8-21(9-7-20)28-18-26-15-17-29(35(26)2)32(28)33(36)34-37-19-25-13-12-24-11-10-22-4-3-5-23-14-16-27(25)31(24)30(22)23/h20-32H,3-19H2,1-2H3,(H,34,36)/t20?,21?,22?,23?,24?,25?,26-,27?,28-,29?,30?,31?,32?/m1/s1. The number of nitrogens with zero attached hydrogens (tertiary/aromatic N) is 1. The van der Waals surface area contributed by atoms with Gasteiger partial charge < -0.3 is 0 Å². The van der Waals surface area contributed by atoms with Crippen molar-refractivity contribution in [2.45, 2.75) is 122 Å². The first-order valence-corrected chi connectivity index (χ1v) is 16.7. The van der Waals surface area contributed by atoms with Crippen molar-refractivity contribution in [1.29, 1.82) is 0 Å². The Bertz CT molecular complexity index is 817. The van der Waals surface area contributed by atoms with Gasteiger partial charge in [0.25, 0.3) is 0 Å². The molecule has 2 heterocycles. The molecule has 0 spiro atoms. The van der Waals surface area contributed by atoms with Crippen LogP contribution in [0.25, 0.3) is 0 Å². The lowest BCUT2D eigenvalue weighted by Crippen LogP contribution is -2.55. The SMILES string of the molecule is CC1CCC([C@H]2C[C@H]3CCC(C2C(=O)NOCC2CCC4CCC5CCCC6CCC2C4C56)N3C)CC1. The normalized spacial score (nSPS) is 51.4. The van der Waals surface area contributed by atoms with E-state index in [-0.39, 0.29) is 11.8 Å². The minimum Gasteiger partial charge on any atom is -0.300 e. The molecule has 5 saturated carbocycles. The molecular weight excluding hydrogens is 456 g/mol. The molecule has 5 aliphatic carbocycles. The van der Waals surface area contributed by atoms with E-state index in [1.54, 1.807) is 0 Å². The fourth-order valence-corrected chi connectivity index (χ4v) is 12.0. The maximum atomic E-state index is 13.8. The van der Waals surface area contributed by atoms with Crippen LogP contribution in [0.2, 0.25) is 0 Å². The summed E-state index contributed by atoms with van der Waals surface area (Å²) >= 11 is 0. The molecule has 2 aliphatic heterocycles. The third-order valence-electron chi connectivity index (χ3n) is 13.8. The summed E-state index contributed by atoms with van der Waals surface area (Å²) in [5, 5.41) is 0. The van der Waals surface area contributed by atoms with Crippen LogP contribution in [0.3, 0.4) is 0 Å². The summed E-state index contributed by atoms with van der Waals surface area (Å²) in [5.41, 5.74) is 3.10. The van der Waals surface area contributed by atoms with Gasteiger partial charge in [0.2, 0.25) is 5.91 Å². The predicted octanol–water partition coefficient (Wildman–Crippen LogP) is 6.84. The van der Waals surface area contributed by atoms with E-state index in [0.29, 0.717) is 23.9 Å². The minimum atomic E-state index is 0.120. The summed E-state index contributed by atoms with van der Waals surface area (Å²) in [6, 6.07) is 1.12. The molecule has 2 saturated heterocycles. The molecule has 0 radical (unpaired) electrons. The van der Waals surface area contributed by atoms with E-state index in [4.69, 9.17) is 4.84 Å². The van der Waals surface area contributed by atoms with Crippen LogP contribution in [0.5, 0.6) is 0 Å². The van der Waals surface area contributed by atoms with Gasteiger partial charge in [-0.1, -0.05) is 39.0 Å². The van der Waals surface area contributed by atoms with Crippen molar-refractivity contribution >= 4 is 5.91 Å².